The molecule has 1 aromatic heterocycles. The molecule has 0 atom stereocenters. The molecule has 0 aliphatic heterocycles. The second-order valence-corrected chi connectivity index (χ2v) is 5.61. The zero-order chi connectivity index (χ0) is 13.1. The lowest BCUT2D eigenvalue weighted by atomic mass is 9.88. The van der Waals surface area contributed by atoms with E-state index in [1.54, 1.807) is 0 Å². The Morgan fingerprint density at radius 2 is 1.94 bits per heavy atom. The fourth-order valence-electron chi connectivity index (χ4n) is 1.77. The molecule has 3 heteroatoms. The zero-order valence-corrected chi connectivity index (χ0v) is 11.7. The van der Waals surface area contributed by atoms with Gasteiger partial charge >= 0.3 is 0 Å². The van der Waals surface area contributed by atoms with Crippen LogP contribution in [0.2, 0.25) is 0 Å². The first kappa shape index (κ1) is 13.9. The quantitative estimate of drug-likeness (QED) is 0.785. The van der Waals surface area contributed by atoms with Crippen molar-refractivity contribution in [2.24, 2.45) is 5.41 Å². The van der Waals surface area contributed by atoms with Gasteiger partial charge in [0.15, 0.2) is 0 Å². The average molecular weight is 236 g/mol. The minimum Gasteiger partial charge on any atom is -0.299 e. The maximum atomic E-state index is 11.9. The fourth-order valence-corrected chi connectivity index (χ4v) is 1.77. The molecule has 1 heterocycles. The van der Waals surface area contributed by atoms with E-state index in [4.69, 9.17) is 0 Å². The lowest BCUT2D eigenvalue weighted by Crippen LogP contribution is -2.22. The van der Waals surface area contributed by atoms with Crippen LogP contribution in [0, 0.1) is 5.41 Å². The molecule has 0 saturated heterocycles. The summed E-state index contributed by atoms with van der Waals surface area (Å²) in [5.41, 5.74) is 0.607. The minimum atomic E-state index is -0.279. The maximum absolute atomic E-state index is 11.9. The van der Waals surface area contributed by atoms with Gasteiger partial charge in [0.1, 0.15) is 5.78 Å². The molecule has 0 unspecified atom stereocenters. The molecule has 0 aliphatic rings. The molecule has 0 spiro atoms. The third kappa shape index (κ3) is 3.69. The molecule has 0 saturated carbocycles. The van der Waals surface area contributed by atoms with E-state index in [1.807, 2.05) is 37.7 Å². The normalized spacial score (nSPS) is 12.1. The Morgan fingerprint density at radius 3 is 2.41 bits per heavy atom. The smallest absolute Gasteiger partial charge is 0.144 e. The van der Waals surface area contributed by atoms with E-state index in [9.17, 15) is 4.79 Å². The molecule has 0 aromatic carbocycles. The second-order valence-electron chi connectivity index (χ2n) is 5.61. The summed E-state index contributed by atoms with van der Waals surface area (Å²) in [5.74, 6) is 0.243. The van der Waals surface area contributed by atoms with Crippen LogP contribution in [0.15, 0.2) is 12.3 Å². The number of hydrogen-bond donors (Lipinski definition) is 0. The van der Waals surface area contributed by atoms with Crippen LogP contribution in [-0.2, 0) is 11.2 Å². The highest BCUT2D eigenvalue weighted by molar-refractivity contribution is 5.85. The highest BCUT2D eigenvalue weighted by Gasteiger charge is 2.22. The van der Waals surface area contributed by atoms with Gasteiger partial charge in [-0.05, 0) is 18.9 Å². The molecule has 1 rings (SSSR count). The zero-order valence-electron chi connectivity index (χ0n) is 11.7. The van der Waals surface area contributed by atoms with Gasteiger partial charge in [-0.1, -0.05) is 34.6 Å². The van der Waals surface area contributed by atoms with Crippen LogP contribution < -0.4 is 0 Å². The molecule has 3 nitrogen and oxygen atoms in total. The molecule has 0 bridgehead atoms. The van der Waals surface area contributed by atoms with E-state index >= 15 is 0 Å². The van der Waals surface area contributed by atoms with Gasteiger partial charge in [0.25, 0.3) is 0 Å². The van der Waals surface area contributed by atoms with Crippen molar-refractivity contribution in [1.29, 1.82) is 0 Å². The number of aromatic nitrogens is 2. The third-order valence-electron chi connectivity index (χ3n) is 3.16. The number of ketones is 1. The topological polar surface area (TPSA) is 34.9 Å². The number of carbonyl (C=O) groups excluding carboxylic acids is 1. The minimum absolute atomic E-state index is 0.243. The maximum Gasteiger partial charge on any atom is 0.144 e. The number of rotatable bonds is 5. The Kier molecular flexibility index (Phi) is 4.49. The van der Waals surface area contributed by atoms with E-state index in [1.165, 1.54) is 0 Å². The van der Waals surface area contributed by atoms with Crippen molar-refractivity contribution in [3.8, 4) is 0 Å². The summed E-state index contributed by atoms with van der Waals surface area (Å²) in [6.45, 7) is 10.2. The molecule has 17 heavy (non-hydrogen) atoms. The first-order chi connectivity index (χ1) is 7.88. The van der Waals surface area contributed by atoms with Crippen molar-refractivity contribution in [2.45, 2.75) is 59.9 Å². The van der Waals surface area contributed by atoms with Crippen LogP contribution in [0.25, 0.3) is 0 Å². The standard InChI is InChI=1S/C14H24N2O/c1-6-12(7-2)16-9-8-11(15-16)10-13(17)14(3,4)5/h8-9,12H,6-7,10H2,1-5H3. The Morgan fingerprint density at radius 1 is 1.35 bits per heavy atom. The van der Waals surface area contributed by atoms with Gasteiger partial charge in [0.05, 0.1) is 18.2 Å². The monoisotopic (exact) mass is 236 g/mol. The first-order valence-corrected chi connectivity index (χ1v) is 6.45. The molecule has 0 fully saturated rings. The summed E-state index contributed by atoms with van der Waals surface area (Å²) in [5, 5.41) is 4.50. The number of hydrogen-bond acceptors (Lipinski definition) is 2. The predicted molar refractivity (Wildman–Crippen MR) is 70.0 cm³/mol. The van der Waals surface area contributed by atoms with Crippen molar-refractivity contribution in [1.82, 2.24) is 9.78 Å². The van der Waals surface area contributed by atoms with Crippen LogP contribution >= 0.6 is 0 Å². The van der Waals surface area contributed by atoms with Gasteiger partial charge in [-0.2, -0.15) is 5.10 Å². The first-order valence-electron chi connectivity index (χ1n) is 6.45. The fraction of sp³-hybridized carbons (Fsp3) is 0.714. The molecule has 1 aromatic rings. The van der Waals surface area contributed by atoms with Gasteiger partial charge in [0.2, 0.25) is 0 Å². The van der Waals surface area contributed by atoms with Gasteiger partial charge in [0, 0.05) is 11.6 Å². The van der Waals surface area contributed by atoms with Crippen LogP contribution in [0.1, 0.15) is 59.2 Å². The van der Waals surface area contributed by atoms with Crippen LogP contribution in [0.3, 0.4) is 0 Å². The van der Waals surface area contributed by atoms with Crippen molar-refractivity contribution in [3.05, 3.63) is 18.0 Å². The number of Topliss-reactive ketones (excluding diaryl/α,β-unsaturated/α-hetero) is 1. The lowest BCUT2D eigenvalue weighted by Gasteiger charge is -2.15. The number of nitrogens with zero attached hydrogens (tertiary/aromatic N) is 2. The average Bonchev–Trinajstić information content (AvgIpc) is 2.67. The van der Waals surface area contributed by atoms with E-state index in [0.29, 0.717) is 12.5 Å². The van der Waals surface area contributed by atoms with Crippen LogP contribution in [-0.4, -0.2) is 15.6 Å². The van der Waals surface area contributed by atoms with Crippen molar-refractivity contribution in [2.75, 3.05) is 0 Å². The van der Waals surface area contributed by atoms with Crippen molar-refractivity contribution in [3.63, 3.8) is 0 Å². The summed E-state index contributed by atoms with van der Waals surface area (Å²) < 4.78 is 1.99. The third-order valence-corrected chi connectivity index (χ3v) is 3.16. The van der Waals surface area contributed by atoms with Crippen LogP contribution in [0.4, 0.5) is 0 Å². The van der Waals surface area contributed by atoms with E-state index < -0.39 is 0 Å². The predicted octanol–water partition coefficient (Wildman–Crippen LogP) is 3.40. The van der Waals surface area contributed by atoms with E-state index in [2.05, 4.69) is 18.9 Å². The number of carbonyl (C=O) groups is 1. The van der Waals surface area contributed by atoms with E-state index in [0.717, 1.165) is 18.5 Å². The van der Waals surface area contributed by atoms with Gasteiger partial charge in [-0.25, -0.2) is 0 Å². The Labute approximate surface area is 104 Å². The van der Waals surface area contributed by atoms with Gasteiger partial charge in [-0.15, -0.1) is 0 Å². The summed E-state index contributed by atoms with van der Waals surface area (Å²) in [4.78, 5) is 11.9. The molecular weight excluding hydrogens is 212 g/mol. The molecule has 0 amide bonds. The summed E-state index contributed by atoms with van der Waals surface area (Å²) in [6, 6.07) is 2.41. The molecule has 0 aliphatic carbocycles. The SMILES string of the molecule is CCC(CC)n1ccc(CC(=O)C(C)(C)C)n1. The highest BCUT2D eigenvalue weighted by Crippen LogP contribution is 2.19. The Balaban J connectivity index is 2.72. The van der Waals surface area contributed by atoms with Crippen molar-refractivity contribution >= 4 is 5.78 Å². The molecular formula is C14H24N2O. The summed E-state index contributed by atoms with van der Waals surface area (Å²) in [7, 11) is 0. The highest BCUT2D eigenvalue weighted by atomic mass is 16.1. The summed E-state index contributed by atoms with van der Waals surface area (Å²) >= 11 is 0. The largest absolute Gasteiger partial charge is 0.299 e. The molecule has 96 valence electrons. The van der Waals surface area contributed by atoms with E-state index in [-0.39, 0.29) is 11.2 Å². The second kappa shape index (κ2) is 5.48. The molecule has 0 radical (unpaired) electrons. The van der Waals surface area contributed by atoms with Crippen LogP contribution in [0.5, 0.6) is 0 Å². The van der Waals surface area contributed by atoms with Gasteiger partial charge < -0.3 is 0 Å². The van der Waals surface area contributed by atoms with Gasteiger partial charge in [-0.3, -0.25) is 9.48 Å². The Bertz CT molecular complexity index is 370. The molecule has 0 N–H and O–H groups in total. The summed E-state index contributed by atoms with van der Waals surface area (Å²) in [6.07, 6.45) is 4.58. The van der Waals surface area contributed by atoms with Crippen molar-refractivity contribution < 1.29 is 4.79 Å². The Hall–Kier alpha value is -1.12. The lowest BCUT2D eigenvalue weighted by molar-refractivity contribution is -0.125.